The minimum Gasteiger partial charge on any atom is -0.378 e. The minimum absolute atomic E-state index is 0.104. The molecule has 1 unspecified atom stereocenters. The highest BCUT2D eigenvalue weighted by molar-refractivity contribution is 6.02. The zero-order valence-corrected chi connectivity index (χ0v) is 16.4. The molecule has 2 aliphatic heterocycles. The summed E-state index contributed by atoms with van der Waals surface area (Å²) in [7, 11) is 0. The second-order valence-corrected chi connectivity index (χ2v) is 8.58. The average Bonchev–Trinajstić information content (AvgIpc) is 3.16. The summed E-state index contributed by atoms with van der Waals surface area (Å²) in [4.78, 5) is 31.2. The van der Waals surface area contributed by atoms with Gasteiger partial charge in [0.15, 0.2) is 0 Å². The summed E-state index contributed by atoms with van der Waals surface area (Å²) in [5.74, 6) is 0.391. The quantitative estimate of drug-likeness (QED) is 0.822. The first-order valence-electron chi connectivity index (χ1n) is 10.3. The third kappa shape index (κ3) is 3.06. The van der Waals surface area contributed by atoms with E-state index in [1.165, 1.54) is 0 Å². The molecular formula is C22H30N2O3. The molecule has 1 atom stereocenters. The van der Waals surface area contributed by atoms with Crippen LogP contribution in [0, 0.1) is 5.92 Å². The Kier molecular flexibility index (Phi) is 4.97. The molecule has 4 rings (SSSR count). The lowest BCUT2D eigenvalue weighted by atomic mass is 9.70. The highest BCUT2D eigenvalue weighted by Crippen LogP contribution is 2.51. The van der Waals surface area contributed by atoms with Crippen molar-refractivity contribution >= 4 is 11.8 Å². The first-order valence-corrected chi connectivity index (χ1v) is 10.3. The van der Waals surface area contributed by atoms with Gasteiger partial charge in [-0.25, -0.2) is 0 Å². The van der Waals surface area contributed by atoms with Gasteiger partial charge in [-0.05, 0) is 30.4 Å². The van der Waals surface area contributed by atoms with E-state index in [0.717, 1.165) is 31.2 Å². The first-order chi connectivity index (χ1) is 13.0. The highest BCUT2D eigenvalue weighted by atomic mass is 16.5. The number of rotatable bonds is 3. The molecule has 2 amide bonds. The van der Waals surface area contributed by atoms with Gasteiger partial charge in [-0.15, -0.1) is 0 Å². The summed E-state index contributed by atoms with van der Waals surface area (Å²) in [6.07, 6.45) is 3.99. The molecule has 1 aromatic carbocycles. The van der Waals surface area contributed by atoms with Crippen LogP contribution in [0.15, 0.2) is 24.3 Å². The molecule has 5 nitrogen and oxygen atoms in total. The van der Waals surface area contributed by atoms with Crippen molar-refractivity contribution in [2.75, 3.05) is 32.8 Å². The van der Waals surface area contributed by atoms with Crippen molar-refractivity contribution in [2.45, 2.75) is 51.0 Å². The van der Waals surface area contributed by atoms with Crippen LogP contribution in [0.1, 0.15) is 61.4 Å². The van der Waals surface area contributed by atoms with Crippen molar-refractivity contribution in [1.29, 1.82) is 0 Å². The van der Waals surface area contributed by atoms with Crippen LogP contribution in [0.5, 0.6) is 0 Å². The summed E-state index contributed by atoms with van der Waals surface area (Å²) in [5.41, 5.74) is 1.27. The van der Waals surface area contributed by atoms with Crippen LogP contribution >= 0.6 is 0 Å². The Morgan fingerprint density at radius 1 is 1.19 bits per heavy atom. The summed E-state index contributed by atoms with van der Waals surface area (Å²) < 4.78 is 5.46. The second-order valence-electron chi connectivity index (χ2n) is 8.58. The van der Waals surface area contributed by atoms with E-state index >= 15 is 0 Å². The molecule has 2 heterocycles. The zero-order chi connectivity index (χ0) is 19.0. The third-order valence-corrected chi connectivity index (χ3v) is 6.41. The number of hydrogen-bond acceptors (Lipinski definition) is 3. The summed E-state index contributed by atoms with van der Waals surface area (Å²) in [6.45, 7) is 7.49. The number of fused-ring (bicyclic) bond motifs is 1. The van der Waals surface area contributed by atoms with Crippen molar-refractivity contribution < 1.29 is 14.3 Å². The smallest absolute Gasteiger partial charge is 0.254 e. The molecule has 0 aromatic heterocycles. The summed E-state index contributed by atoms with van der Waals surface area (Å²) in [6, 6.07) is 7.77. The third-order valence-electron chi connectivity index (χ3n) is 6.41. The van der Waals surface area contributed by atoms with E-state index < -0.39 is 0 Å². The molecule has 0 N–H and O–H groups in total. The van der Waals surface area contributed by atoms with Crippen LogP contribution < -0.4 is 0 Å². The van der Waals surface area contributed by atoms with Crippen LogP contribution in [-0.4, -0.2) is 60.0 Å². The van der Waals surface area contributed by atoms with Crippen molar-refractivity contribution in [3.8, 4) is 0 Å². The predicted octanol–water partition coefficient (Wildman–Crippen LogP) is 3.05. The van der Waals surface area contributed by atoms with E-state index in [2.05, 4.69) is 18.7 Å². The number of benzene rings is 1. The van der Waals surface area contributed by atoms with Crippen LogP contribution in [0.3, 0.4) is 0 Å². The lowest BCUT2D eigenvalue weighted by Gasteiger charge is -2.51. The fourth-order valence-electron chi connectivity index (χ4n) is 5.24. The standard InChI is InChI=1S/C22H30N2O3/c1-16(2)15-24-20(25)18-8-4-3-7-17(18)19(22(24)9-5-6-10-22)21(26)23-11-13-27-14-12-23/h3-4,7-8,16,19H,5-6,9-15H2,1-2H3. The van der Waals surface area contributed by atoms with Gasteiger partial charge in [0.1, 0.15) is 0 Å². The number of carbonyl (C=O) groups excluding carboxylic acids is 2. The van der Waals surface area contributed by atoms with Crippen LogP contribution in [0.4, 0.5) is 0 Å². The molecule has 3 aliphatic rings. The summed E-state index contributed by atoms with van der Waals surface area (Å²) >= 11 is 0. The van der Waals surface area contributed by atoms with E-state index in [1.54, 1.807) is 0 Å². The van der Waals surface area contributed by atoms with Gasteiger partial charge in [-0.3, -0.25) is 9.59 Å². The molecule has 0 bridgehead atoms. The highest BCUT2D eigenvalue weighted by Gasteiger charge is 2.56. The number of morpholine rings is 1. The lowest BCUT2D eigenvalue weighted by molar-refractivity contribution is -0.141. The van der Waals surface area contributed by atoms with E-state index in [-0.39, 0.29) is 23.3 Å². The van der Waals surface area contributed by atoms with Gasteiger partial charge in [0.25, 0.3) is 5.91 Å². The van der Waals surface area contributed by atoms with Crippen LogP contribution in [0.2, 0.25) is 0 Å². The molecule has 1 spiro atoms. The maximum atomic E-state index is 13.7. The molecule has 0 radical (unpaired) electrons. The van der Waals surface area contributed by atoms with Crippen molar-refractivity contribution in [3.05, 3.63) is 35.4 Å². The monoisotopic (exact) mass is 370 g/mol. The number of ether oxygens (including phenoxy) is 1. The first kappa shape index (κ1) is 18.5. The van der Waals surface area contributed by atoms with Crippen LogP contribution in [-0.2, 0) is 9.53 Å². The van der Waals surface area contributed by atoms with E-state index in [0.29, 0.717) is 44.3 Å². The Bertz CT molecular complexity index is 718. The molecular weight excluding hydrogens is 340 g/mol. The fourth-order valence-corrected chi connectivity index (χ4v) is 5.24. The topological polar surface area (TPSA) is 49.9 Å². The molecule has 5 heteroatoms. The maximum absolute atomic E-state index is 13.7. The molecule has 27 heavy (non-hydrogen) atoms. The number of nitrogens with zero attached hydrogens (tertiary/aromatic N) is 2. The number of amides is 2. The Balaban J connectivity index is 1.83. The Labute approximate surface area is 161 Å². The molecule has 1 aliphatic carbocycles. The number of hydrogen-bond donors (Lipinski definition) is 0. The maximum Gasteiger partial charge on any atom is 0.254 e. The van der Waals surface area contributed by atoms with Gasteiger partial charge in [-0.2, -0.15) is 0 Å². The minimum atomic E-state index is -0.370. The molecule has 2 fully saturated rings. The van der Waals surface area contributed by atoms with Crippen molar-refractivity contribution in [2.24, 2.45) is 5.92 Å². The van der Waals surface area contributed by atoms with E-state index in [4.69, 9.17) is 4.74 Å². The lowest BCUT2D eigenvalue weighted by Crippen LogP contribution is -2.62. The Hall–Kier alpha value is -1.88. The van der Waals surface area contributed by atoms with Crippen molar-refractivity contribution in [3.63, 3.8) is 0 Å². The average molecular weight is 370 g/mol. The van der Waals surface area contributed by atoms with Gasteiger partial charge >= 0.3 is 0 Å². The van der Waals surface area contributed by atoms with E-state index in [1.807, 2.05) is 29.2 Å². The summed E-state index contributed by atoms with van der Waals surface area (Å²) in [5, 5.41) is 0. The van der Waals surface area contributed by atoms with Gasteiger partial charge in [0, 0.05) is 25.2 Å². The van der Waals surface area contributed by atoms with Gasteiger partial charge in [0.05, 0.1) is 24.7 Å². The molecule has 1 saturated heterocycles. The SMILES string of the molecule is CC(C)CN1C(=O)c2ccccc2C(C(=O)N2CCOCC2)C12CCCC2. The van der Waals surface area contributed by atoms with Gasteiger partial charge < -0.3 is 14.5 Å². The van der Waals surface area contributed by atoms with Gasteiger partial charge in [0.2, 0.25) is 5.91 Å². The molecule has 1 saturated carbocycles. The Morgan fingerprint density at radius 3 is 2.52 bits per heavy atom. The fraction of sp³-hybridized carbons (Fsp3) is 0.636. The largest absolute Gasteiger partial charge is 0.378 e. The van der Waals surface area contributed by atoms with E-state index in [9.17, 15) is 9.59 Å². The molecule has 1 aromatic rings. The zero-order valence-electron chi connectivity index (χ0n) is 16.4. The molecule has 146 valence electrons. The number of carbonyl (C=O) groups is 2. The Morgan fingerprint density at radius 2 is 1.85 bits per heavy atom. The van der Waals surface area contributed by atoms with Crippen molar-refractivity contribution in [1.82, 2.24) is 9.80 Å². The van der Waals surface area contributed by atoms with Crippen LogP contribution in [0.25, 0.3) is 0 Å². The van der Waals surface area contributed by atoms with Gasteiger partial charge in [-0.1, -0.05) is 44.9 Å². The normalized spacial score (nSPS) is 24.6. The predicted molar refractivity (Wildman–Crippen MR) is 104 cm³/mol. The second kappa shape index (κ2) is 7.27.